The fraction of sp³-hybridized carbons (Fsp3) is 0.139. The van der Waals surface area contributed by atoms with Gasteiger partial charge in [-0.05, 0) is 54.1 Å². The van der Waals surface area contributed by atoms with E-state index in [4.69, 9.17) is 19.7 Å². The molecular formula is C36H33N9O2. The van der Waals surface area contributed by atoms with Gasteiger partial charge in [-0.2, -0.15) is 0 Å². The lowest BCUT2D eigenvalue weighted by molar-refractivity contribution is -0.126. The Bertz CT molecular complexity index is 2210. The second-order valence-corrected chi connectivity index (χ2v) is 11.3. The molecule has 0 aliphatic heterocycles. The first-order chi connectivity index (χ1) is 22.9. The van der Waals surface area contributed by atoms with Crippen molar-refractivity contribution in [2.75, 3.05) is 38.4 Å². The molecule has 4 aromatic heterocycles. The number of likely N-dealkylation sites (N-methyl/N-ethyl adjacent to an activating group) is 1. The molecule has 3 aromatic carbocycles. The van der Waals surface area contributed by atoms with Crippen LogP contribution in [0.15, 0.2) is 103 Å². The summed E-state index contributed by atoms with van der Waals surface area (Å²) in [6, 6.07) is 30.0. The van der Waals surface area contributed by atoms with E-state index in [-0.39, 0.29) is 12.5 Å². The molecule has 0 saturated carbocycles. The van der Waals surface area contributed by atoms with Crippen LogP contribution in [0.1, 0.15) is 11.4 Å². The van der Waals surface area contributed by atoms with Crippen LogP contribution in [-0.2, 0) is 11.2 Å². The van der Waals surface area contributed by atoms with Crippen LogP contribution in [0.3, 0.4) is 0 Å². The number of hydrogen-bond acceptors (Lipinski definition) is 8. The van der Waals surface area contributed by atoms with Gasteiger partial charge in [0.2, 0.25) is 11.9 Å². The summed E-state index contributed by atoms with van der Waals surface area (Å²) >= 11 is 0. The van der Waals surface area contributed by atoms with Gasteiger partial charge in [0.1, 0.15) is 17.2 Å². The number of H-pyrrole nitrogens is 1. The second kappa shape index (κ2) is 12.6. The SMILES string of the molecule is COc1ccc(NCC(=O)N(C)C)cc1Nc1nccc(-c2cnc3cccc(-c4ccc5nc(Cc6ccccc6)[nH]c5c4)n23)n1. The van der Waals surface area contributed by atoms with E-state index in [1.165, 1.54) is 5.56 Å². The summed E-state index contributed by atoms with van der Waals surface area (Å²) in [6.45, 7) is 0.170. The molecule has 0 spiro atoms. The van der Waals surface area contributed by atoms with Crippen LogP contribution in [0.5, 0.6) is 5.75 Å². The highest BCUT2D eigenvalue weighted by molar-refractivity contribution is 5.83. The van der Waals surface area contributed by atoms with Crippen molar-refractivity contribution in [2.45, 2.75) is 6.42 Å². The summed E-state index contributed by atoms with van der Waals surface area (Å²) in [5, 5.41) is 6.44. The molecule has 47 heavy (non-hydrogen) atoms. The van der Waals surface area contributed by atoms with Gasteiger partial charge in [-0.15, -0.1) is 0 Å². The minimum atomic E-state index is -0.0314. The number of aromatic amines is 1. The van der Waals surface area contributed by atoms with Crippen LogP contribution < -0.4 is 15.4 Å². The number of nitrogens with one attached hydrogen (secondary N) is 3. The summed E-state index contributed by atoms with van der Waals surface area (Å²) in [5.41, 5.74) is 8.81. The Morgan fingerprint density at radius 3 is 2.62 bits per heavy atom. The van der Waals surface area contributed by atoms with E-state index in [1.807, 2.05) is 66.9 Å². The van der Waals surface area contributed by atoms with Gasteiger partial charge in [0.15, 0.2) is 0 Å². The quantitative estimate of drug-likeness (QED) is 0.165. The fourth-order valence-electron chi connectivity index (χ4n) is 5.47. The molecule has 0 saturated heterocycles. The molecule has 3 N–H and O–H groups in total. The molecular weight excluding hydrogens is 590 g/mol. The second-order valence-electron chi connectivity index (χ2n) is 11.3. The number of hydrogen-bond donors (Lipinski definition) is 3. The van der Waals surface area contributed by atoms with Crippen LogP contribution in [0.4, 0.5) is 17.3 Å². The Labute approximate surface area is 271 Å². The van der Waals surface area contributed by atoms with E-state index in [0.717, 1.165) is 51.6 Å². The zero-order chi connectivity index (χ0) is 32.3. The third-order valence-corrected chi connectivity index (χ3v) is 7.88. The van der Waals surface area contributed by atoms with Crippen molar-refractivity contribution >= 4 is 39.9 Å². The number of amides is 1. The summed E-state index contributed by atoms with van der Waals surface area (Å²) in [4.78, 5) is 36.0. The third kappa shape index (κ3) is 6.19. The van der Waals surface area contributed by atoms with Crippen molar-refractivity contribution in [3.8, 4) is 28.4 Å². The topological polar surface area (TPSA) is 125 Å². The van der Waals surface area contributed by atoms with Gasteiger partial charge < -0.3 is 25.3 Å². The molecule has 11 nitrogen and oxygen atoms in total. The van der Waals surface area contributed by atoms with E-state index >= 15 is 0 Å². The number of imidazole rings is 2. The van der Waals surface area contributed by atoms with Crippen LogP contribution in [0.2, 0.25) is 0 Å². The van der Waals surface area contributed by atoms with Crippen LogP contribution in [0.25, 0.3) is 39.3 Å². The van der Waals surface area contributed by atoms with E-state index in [2.05, 4.69) is 55.3 Å². The van der Waals surface area contributed by atoms with Gasteiger partial charge in [0.25, 0.3) is 0 Å². The van der Waals surface area contributed by atoms with E-state index in [9.17, 15) is 4.79 Å². The van der Waals surface area contributed by atoms with Crippen molar-refractivity contribution in [3.63, 3.8) is 0 Å². The molecule has 0 unspecified atom stereocenters. The lowest BCUT2D eigenvalue weighted by Gasteiger charge is -2.15. The van der Waals surface area contributed by atoms with E-state index < -0.39 is 0 Å². The van der Waals surface area contributed by atoms with Gasteiger partial charge in [-0.1, -0.05) is 42.5 Å². The summed E-state index contributed by atoms with van der Waals surface area (Å²) < 4.78 is 7.68. The maximum absolute atomic E-state index is 12.1. The number of fused-ring (bicyclic) bond motifs is 2. The number of rotatable bonds is 10. The minimum absolute atomic E-state index is 0.0314. The molecule has 7 aromatic rings. The predicted octanol–water partition coefficient (Wildman–Crippen LogP) is 6.18. The number of benzene rings is 3. The molecule has 0 fully saturated rings. The first kappa shape index (κ1) is 29.5. The number of nitrogens with zero attached hydrogens (tertiary/aromatic N) is 6. The Hall–Kier alpha value is -6.23. The molecule has 1 amide bonds. The van der Waals surface area contributed by atoms with Crippen molar-refractivity contribution in [1.82, 2.24) is 34.2 Å². The summed E-state index contributed by atoms with van der Waals surface area (Å²) in [5.74, 6) is 1.89. The summed E-state index contributed by atoms with van der Waals surface area (Å²) in [7, 11) is 5.05. The number of carbonyl (C=O) groups excluding carboxylic acids is 1. The minimum Gasteiger partial charge on any atom is -0.495 e. The first-order valence-corrected chi connectivity index (χ1v) is 15.2. The first-order valence-electron chi connectivity index (χ1n) is 15.2. The maximum Gasteiger partial charge on any atom is 0.241 e. The van der Waals surface area contributed by atoms with E-state index in [0.29, 0.717) is 23.1 Å². The number of methoxy groups -OCH3 is 1. The average Bonchev–Trinajstić information content (AvgIpc) is 3.71. The van der Waals surface area contributed by atoms with Gasteiger partial charge >= 0.3 is 0 Å². The molecule has 4 heterocycles. The molecule has 0 aliphatic carbocycles. The number of aromatic nitrogens is 6. The maximum atomic E-state index is 12.1. The molecule has 7 rings (SSSR count). The van der Waals surface area contributed by atoms with Gasteiger partial charge in [-0.3, -0.25) is 9.20 Å². The van der Waals surface area contributed by atoms with Gasteiger partial charge in [0, 0.05) is 38.0 Å². The molecule has 11 heteroatoms. The Balaban J connectivity index is 1.19. The standard InChI is InChI=1S/C36H33N9O2/c1-44(2)35(46)22-38-25-13-15-32(47-3)29(20-25)43-36-37-17-16-27(42-36)31-21-39-34-11-7-10-30(45(31)34)24-12-14-26-28(19-24)41-33(40-26)18-23-8-5-4-6-9-23/h4-17,19-21,38H,18,22H2,1-3H3,(H,40,41)(H,37,42,43). The third-order valence-electron chi connectivity index (χ3n) is 7.88. The number of ether oxygens (including phenoxy) is 1. The molecule has 0 bridgehead atoms. The number of anilines is 3. The fourth-order valence-corrected chi connectivity index (χ4v) is 5.47. The predicted molar refractivity (Wildman–Crippen MR) is 184 cm³/mol. The highest BCUT2D eigenvalue weighted by Gasteiger charge is 2.15. The lowest BCUT2D eigenvalue weighted by Crippen LogP contribution is -2.28. The highest BCUT2D eigenvalue weighted by Crippen LogP contribution is 2.32. The van der Waals surface area contributed by atoms with Gasteiger partial charge in [0.05, 0.1) is 53.7 Å². The van der Waals surface area contributed by atoms with Crippen molar-refractivity contribution < 1.29 is 9.53 Å². The number of pyridine rings is 1. The zero-order valence-corrected chi connectivity index (χ0v) is 26.2. The lowest BCUT2D eigenvalue weighted by atomic mass is 10.1. The summed E-state index contributed by atoms with van der Waals surface area (Å²) in [6.07, 6.45) is 4.27. The molecule has 0 aliphatic rings. The van der Waals surface area contributed by atoms with Crippen molar-refractivity contribution in [1.29, 1.82) is 0 Å². The normalized spacial score (nSPS) is 11.1. The smallest absolute Gasteiger partial charge is 0.241 e. The van der Waals surface area contributed by atoms with Crippen LogP contribution in [-0.4, -0.2) is 67.9 Å². The largest absolute Gasteiger partial charge is 0.495 e. The zero-order valence-electron chi connectivity index (χ0n) is 26.2. The molecule has 0 radical (unpaired) electrons. The van der Waals surface area contributed by atoms with Crippen molar-refractivity contribution in [3.05, 3.63) is 115 Å². The van der Waals surface area contributed by atoms with Crippen LogP contribution in [0, 0.1) is 0 Å². The Morgan fingerprint density at radius 2 is 1.79 bits per heavy atom. The Morgan fingerprint density at radius 1 is 0.915 bits per heavy atom. The van der Waals surface area contributed by atoms with Gasteiger partial charge in [-0.25, -0.2) is 19.9 Å². The molecule has 234 valence electrons. The van der Waals surface area contributed by atoms with Crippen molar-refractivity contribution in [2.24, 2.45) is 0 Å². The monoisotopic (exact) mass is 623 g/mol. The average molecular weight is 624 g/mol. The number of carbonyl (C=O) groups is 1. The molecule has 0 atom stereocenters. The van der Waals surface area contributed by atoms with E-state index in [1.54, 1.807) is 32.3 Å². The highest BCUT2D eigenvalue weighted by atomic mass is 16.5. The Kier molecular flexibility index (Phi) is 7.93. The van der Waals surface area contributed by atoms with Crippen LogP contribution >= 0.6 is 0 Å².